The van der Waals surface area contributed by atoms with Gasteiger partial charge in [-0.15, -0.1) is 0 Å². The van der Waals surface area contributed by atoms with E-state index >= 15 is 0 Å². The molecule has 0 spiro atoms. The minimum atomic E-state index is -0.585. The molecule has 0 fully saturated rings. The zero-order chi connectivity index (χ0) is 17.4. The predicted molar refractivity (Wildman–Crippen MR) is 95.1 cm³/mol. The van der Waals surface area contributed by atoms with E-state index in [2.05, 4.69) is 31.2 Å². The largest absolute Gasteiger partial charge is 0.462 e. The number of ether oxygens (including phenoxy) is 1. The number of carbonyl (C=O) groups is 1. The molecule has 0 unspecified atom stereocenters. The Morgan fingerprint density at radius 2 is 1.83 bits per heavy atom. The van der Waals surface area contributed by atoms with Crippen molar-refractivity contribution in [3.8, 4) is 6.07 Å². The number of hydrogen-bond acceptors (Lipinski definition) is 4. The lowest BCUT2D eigenvalue weighted by molar-refractivity contribution is -0.138. The molecule has 24 heavy (non-hydrogen) atoms. The fourth-order valence-corrected chi connectivity index (χ4v) is 2.41. The van der Waals surface area contributed by atoms with E-state index in [9.17, 15) is 4.79 Å². The van der Waals surface area contributed by atoms with Gasteiger partial charge in [0.2, 0.25) is 0 Å². The number of benzene rings is 1. The monoisotopic (exact) mass is 322 g/mol. The van der Waals surface area contributed by atoms with Gasteiger partial charge in [-0.3, -0.25) is 0 Å². The topological polar surface area (TPSA) is 53.3 Å². The van der Waals surface area contributed by atoms with Crippen LogP contribution in [-0.2, 0) is 16.0 Å². The average Bonchev–Trinajstić information content (AvgIpc) is 2.62. The Labute approximate surface area is 143 Å². The van der Waals surface area contributed by atoms with Crippen LogP contribution in [0, 0.1) is 11.3 Å². The Morgan fingerprint density at radius 3 is 2.38 bits per heavy atom. The summed E-state index contributed by atoms with van der Waals surface area (Å²) in [5.41, 5.74) is 2.96. The number of unbranched alkanes of at least 4 members (excludes halogenated alkanes) is 1. The number of anilines is 1. The third-order valence-corrected chi connectivity index (χ3v) is 3.76. The molecule has 1 aliphatic heterocycles. The quantitative estimate of drug-likeness (QED) is 0.446. The number of rotatable bonds is 6. The Morgan fingerprint density at radius 1 is 1.17 bits per heavy atom. The van der Waals surface area contributed by atoms with Crippen LogP contribution in [0.5, 0.6) is 0 Å². The molecule has 1 aromatic carbocycles. The zero-order valence-electron chi connectivity index (χ0n) is 14.2. The van der Waals surface area contributed by atoms with E-state index in [-0.39, 0.29) is 12.2 Å². The number of nitriles is 1. The van der Waals surface area contributed by atoms with Crippen LogP contribution in [0.4, 0.5) is 5.69 Å². The minimum absolute atomic E-state index is 0.0268. The second-order valence-corrected chi connectivity index (χ2v) is 5.47. The second kappa shape index (κ2) is 8.73. The molecule has 0 saturated carbocycles. The molecule has 0 N–H and O–H groups in total. The van der Waals surface area contributed by atoms with E-state index in [0.29, 0.717) is 5.57 Å². The van der Waals surface area contributed by atoms with Gasteiger partial charge in [-0.05, 0) is 49.6 Å². The van der Waals surface area contributed by atoms with Gasteiger partial charge in [0.05, 0.1) is 6.61 Å². The summed E-state index contributed by atoms with van der Waals surface area (Å²) in [6.45, 7) is 4.16. The first-order valence-electron chi connectivity index (χ1n) is 8.24. The van der Waals surface area contributed by atoms with Crippen molar-refractivity contribution in [3.05, 3.63) is 65.5 Å². The van der Waals surface area contributed by atoms with Gasteiger partial charge in [0, 0.05) is 23.7 Å². The SMILES string of the molecule is CCCCc1ccc(N2C=CC(=C(C#N)C(=O)OCC)C=C2)cc1. The zero-order valence-corrected chi connectivity index (χ0v) is 14.2. The number of esters is 1. The molecule has 2 rings (SSSR count). The fourth-order valence-electron chi connectivity index (χ4n) is 2.41. The molecule has 0 aliphatic carbocycles. The van der Waals surface area contributed by atoms with Crippen molar-refractivity contribution in [3.63, 3.8) is 0 Å². The molecule has 4 heteroatoms. The van der Waals surface area contributed by atoms with E-state index in [1.807, 2.05) is 23.4 Å². The average molecular weight is 322 g/mol. The van der Waals surface area contributed by atoms with Crippen molar-refractivity contribution in [1.82, 2.24) is 0 Å². The normalized spacial score (nSPS) is 12.9. The third kappa shape index (κ3) is 4.36. The van der Waals surface area contributed by atoms with Crippen molar-refractivity contribution >= 4 is 11.7 Å². The van der Waals surface area contributed by atoms with Crippen LogP contribution in [0.25, 0.3) is 0 Å². The van der Waals surface area contributed by atoms with E-state index in [1.54, 1.807) is 19.1 Å². The van der Waals surface area contributed by atoms with E-state index < -0.39 is 5.97 Å². The minimum Gasteiger partial charge on any atom is -0.462 e. The van der Waals surface area contributed by atoms with Crippen LogP contribution in [0.1, 0.15) is 32.3 Å². The summed E-state index contributed by atoms with van der Waals surface area (Å²) in [7, 11) is 0. The predicted octanol–water partition coefficient (Wildman–Crippen LogP) is 4.26. The first-order chi connectivity index (χ1) is 11.7. The highest BCUT2D eigenvalue weighted by Gasteiger charge is 2.15. The van der Waals surface area contributed by atoms with E-state index in [1.165, 1.54) is 18.4 Å². The summed E-state index contributed by atoms with van der Waals surface area (Å²) in [5, 5.41) is 9.17. The van der Waals surface area contributed by atoms with E-state index in [4.69, 9.17) is 10.00 Å². The van der Waals surface area contributed by atoms with Gasteiger partial charge in [0.25, 0.3) is 0 Å². The Bertz CT molecular complexity index is 690. The summed E-state index contributed by atoms with van der Waals surface area (Å²) in [6, 6.07) is 10.3. The van der Waals surface area contributed by atoms with Crippen molar-refractivity contribution in [2.45, 2.75) is 33.1 Å². The fraction of sp³-hybridized carbons (Fsp3) is 0.300. The molecule has 0 amide bonds. The third-order valence-electron chi connectivity index (χ3n) is 3.76. The van der Waals surface area contributed by atoms with Gasteiger partial charge in [0.15, 0.2) is 0 Å². The summed E-state index contributed by atoms with van der Waals surface area (Å²) >= 11 is 0. The second-order valence-electron chi connectivity index (χ2n) is 5.47. The lowest BCUT2D eigenvalue weighted by Gasteiger charge is -2.19. The van der Waals surface area contributed by atoms with Crippen LogP contribution in [0.3, 0.4) is 0 Å². The summed E-state index contributed by atoms with van der Waals surface area (Å²) in [4.78, 5) is 13.7. The van der Waals surface area contributed by atoms with Crippen molar-refractivity contribution < 1.29 is 9.53 Å². The van der Waals surface area contributed by atoms with Crippen molar-refractivity contribution in [2.75, 3.05) is 11.5 Å². The Balaban J connectivity index is 2.11. The highest BCUT2D eigenvalue weighted by atomic mass is 16.5. The molecule has 0 aromatic heterocycles. The van der Waals surface area contributed by atoms with Crippen molar-refractivity contribution in [2.24, 2.45) is 0 Å². The van der Waals surface area contributed by atoms with Gasteiger partial charge in [-0.1, -0.05) is 25.5 Å². The molecule has 0 bridgehead atoms. The molecule has 0 saturated heterocycles. The van der Waals surface area contributed by atoms with Gasteiger partial charge in [-0.2, -0.15) is 5.26 Å². The number of hydrogen-bond donors (Lipinski definition) is 0. The summed E-state index contributed by atoms with van der Waals surface area (Å²) < 4.78 is 4.90. The van der Waals surface area contributed by atoms with Gasteiger partial charge >= 0.3 is 5.97 Å². The Hall–Kier alpha value is -2.80. The molecular weight excluding hydrogens is 300 g/mol. The highest BCUT2D eigenvalue weighted by Crippen LogP contribution is 2.22. The van der Waals surface area contributed by atoms with Crippen LogP contribution >= 0.6 is 0 Å². The number of nitrogens with zero attached hydrogens (tertiary/aromatic N) is 2. The van der Waals surface area contributed by atoms with Crippen LogP contribution in [0.2, 0.25) is 0 Å². The van der Waals surface area contributed by atoms with Crippen LogP contribution in [0.15, 0.2) is 60.0 Å². The maximum atomic E-state index is 11.8. The van der Waals surface area contributed by atoms with Crippen LogP contribution in [-0.4, -0.2) is 12.6 Å². The summed E-state index contributed by atoms with van der Waals surface area (Å²) in [6.07, 6.45) is 10.7. The van der Waals surface area contributed by atoms with Gasteiger partial charge in [-0.25, -0.2) is 4.79 Å². The summed E-state index contributed by atoms with van der Waals surface area (Å²) in [5.74, 6) is -0.585. The maximum absolute atomic E-state index is 11.8. The standard InChI is InChI=1S/C20H22N2O2/c1-3-5-6-16-7-9-18(10-8-16)22-13-11-17(12-14-22)19(15-21)20(23)24-4-2/h7-14H,3-6H2,1-2H3. The highest BCUT2D eigenvalue weighted by molar-refractivity contribution is 5.95. The van der Waals surface area contributed by atoms with E-state index in [0.717, 1.165) is 12.1 Å². The molecule has 4 nitrogen and oxygen atoms in total. The molecule has 124 valence electrons. The number of carbonyl (C=O) groups excluding carboxylic acids is 1. The first kappa shape index (κ1) is 17.6. The molecular formula is C20H22N2O2. The van der Waals surface area contributed by atoms with Crippen molar-refractivity contribution in [1.29, 1.82) is 5.26 Å². The Kier molecular flexibility index (Phi) is 6.39. The maximum Gasteiger partial charge on any atom is 0.349 e. The molecule has 1 heterocycles. The number of allylic oxidation sites excluding steroid dienone is 3. The first-order valence-corrected chi connectivity index (χ1v) is 8.24. The smallest absolute Gasteiger partial charge is 0.349 e. The molecule has 0 radical (unpaired) electrons. The lowest BCUT2D eigenvalue weighted by Crippen LogP contribution is -2.13. The van der Waals surface area contributed by atoms with Gasteiger partial charge in [0.1, 0.15) is 11.6 Å². The molecule has 1 aromatic rings. The number of aryl methyl sites for hydroxylation is 1. The van der Waals surface area contributed by atoms with Crippen LogP contribution < -0.4 is 4.90 Å². The van der Waals surface area contributed by atoms with Gasteiger partial charge < -0.3 is 9.64 Å². The molecule has 0 atom stereocenters. The lowest BCUT2D eigenvalue weighted by atomic mass is 10.1. The molecule has 1 aliphatic rings.